The lowest BCUT2D eigenvalue weighted by Gasteiger charge is -2.16. The predicted octanol–water partition coefficient (Wildman–Crippen LogP) is 2.52. The minimum atomic E-state index is -3.69. The second kappa shape index (κ2) is 6.15. The Balaban J connectivity index is 2.17. The average Bonchev–Trinajstić information content (AvgIpc) is 2.47. The van der Waals surface area contributed by atoms with Crippen molar-refractivity contribution in [1.82, 2.24) is 0 Å². The molecule has 6 heteroatoms. The van der Waals surface area contributed by atoms with Crippen LogP contribution in [0.4, 0.5) is 5.69 Å². The molecule has 2 aromatic rings. The maximum Gasteiger partial charge on any atom is 0.238 e. The molecule has 2 rings (SSSR count). The quantitative estimate of drug-likeness (QED) is 0.889. The van der Waals surface area contributed by atoms with Crippen LogP contribution in [0.15, 0.2) is 53.4 Å². The third-order valence-electron chi connectivity index (χ3n) is 3.16. The number of nitrogens with two attached hydrogens (primary N) is 1. The van der Waals surface area contributed by atoms with Crippen LogP contribution in [0.2, 0.25) is 0 Å². The first-order chi connectivity index (χ1) is 9.90. The van der Waals surface area contributed by atoms with Gasteiger partial charge in [-0.25, -0.2) is 13.6 Å². The molecule has 1 atom stereocenters. The molecule has 0 bridgehead atoms. The second-order valence-corrected chi connectivity index (χ2v) is 6.27. The van der Waals surface area contributed by atoms with Crippen LogP contribution in [0.5, 0.6) is 5.75 Å². The van der Waals surface area contributed by atoms with Crippen LogP contribution in [-0.4, -0.2) is 15.5 Å². The smallest absolute Gasteiger partial charge is 0.238 e. The van der Waals surface area contributed by atoms with E-state index in [1.54, 1.807) is 19.2 Å². The summed E-state index contributed by atoms with van der Waals surface area (Å²) >= 11 is 0. The SMILES string of the molecule is COc1ccc(C(C)Nc2cccc(S(N)(=O)=O)c2)cc1. The average molecular weight is 306 g/mol. The zero-order chi connectivity index (χ0) is 15.5. The van der Waals surface area contributed by atoms with Crippen molar-refractivity contribution in [1.29, 1.82) is 0 Å². The van der Waals surface area contributed by atoms with Crippen LogP contribution in [0.25, 0.3) is 0 Å². The monoisotopic (exact) mass is 306 g/mol. The number of benzene rings is 2. The van der Waals surface area contributed by atoms with Gasteiger partial charge in [0.2, 0.25) is 10.0 Å². The van der Waals surface area contributed by atoms with Crippen molar-refractivity contribution in [3.05, 3.63) is 54.1 Å². The summed E-state index contributed by atoms with van der Waals surface area (Å²) in [7, 11) is -2.07. The summed E-state index contributed by atoms with van der Waals surface area (Å²) in [4.78, 5) is 0.0921. The Morgan fingerprint density at radius 2 is 1.81 bits per heavy atom. The van der Waals surface area contributed by atoms with Gasteiger partial charge in [-0.15, -0.1) is 0 Å². The first-order valence-corrected chi connectivity index (χ1v) is 7.98. The fourth-order valence-corrected chi connectivity index (χ4v) is 2.55. The number of ether oxygens (including phenoxy) is 1. The number of rotatable bonds is 5. The Kier molecular flexibility index (Phi) is 4.50. The first-order valence-electron chi connectivity index (χ1n) is 6.43. The maximum absolute atomic E-state index is 11.3. The number of hydrogen-bond acceptors (Lipinski definition) is 4. The Morgan fingerprint density at radius 1 is 1.14 bits per heavy atom. The molecule has 0 spiro atoms. The van der Waals surface area contributed by atoms with Gasteiger partial charge in [-0.1, -0.05) is 18.2 Å². The van der Waals surface area contributed by atoms with Gasteiger partial charge in [0.05, 0.1) is 12.0 Å². The van der Waals surface area contributed by atoms with Gasteiger partial charge < -0.3 is 10.1 Å². The lowest BCUT2D eigenvalue weighted by molar-refractivity contribution is 0.414. The molecule has 0 amide bonds. The molecule has 0 saturated carbocycles. The fourth-order valence-electron chi connectivity index (χ4n) is 1.99. The molecule has 0 aromatic heterocycles. The van der Waals surface area contributed by atoms with Crippen molar-refractivity contribution in [3.8, 4) is 5.75 Å². The summed E-state index contributed by atoms with van der Waals surface area (Å²) in [6.45, 7) is 1.99. The molecule has 0 radical (unpaired) electrons. The maximum atomic E-state index is 11.3. The Morgan fingerprint density at radius 3 is 2.38 bits per heavy atom. The van der Waals surface area contributed by atoms with Crippen LogP contribution in [0.1, 0.15) is 18.5 Å². The van der Waals surface area contributed by atoms with Gasteiger partial charge in [0.1, 0.15) is 5.75 Å². The molecule has 0 aliphatic heterocycles. The highest BCUT2D eigenvalue weighted by atomic mass is 32.2. The second-order valence-electron chi connectivity index (χ2n) is 4.71. The van der Waals surface area contributed by atoms with E-state index in [0.717, 1.165) is 11.3 Å². The van der Waals surface area contributed by atoms with E-state index in [2.05, 4.69) is 5.32 Å². The summed E-state index contributed by atoms with van der Waals surface area (Å²) in [6.07, 6.45) is 0. The summed E-state index contributed by atoms with van der Waals surface area (Å²) in [5.74, 6) is 0.794. The molecule has 0 heterocycles. The summed E-state index contributed by atoms with van der Waals surface area (Å²) in [5, 5.41) is 8.38. The highest BCUT2D eigenvalue weighted by Crippen LogP contribution is 2.22. The van der Waals surface area contributed by atoms with Crippen LogP contribution in [-0.2, 0) is 10.0 Å². The number of nitrogens with one attached hydrogen (secondary N) is 1. The highest BCUT2D eigenvalue weighted by Gasteiger charge is 2.10. The van der Waals surface area contributed by atoms with E-state index < -0.39 is 10.0 Å². The van der Waals surface area contributed by atoms with Gasteiger partial charge in [-0.2, -0.15) is 0 Å². The summed E-state index contributed by atoms with van der Waals surface area (Å²) in [5.41, 5.74) is 1.77. The molecular weight excluding hydrogens is 288 g/mol. The van der Waals surface area contributed by atoms with E-state index in [1.165, 1.54) is 12.1 Å². The fraction of sp³-hybridized carbons (Fsp3) is 0.200. The molecule has 0 aliphatic carbocycles. The first kappa shape index (κ1) is 15.3. The van der Waals surface area contributed by atoms with Gasteiger partial charge in [0, 0.05) is 11.7 Å². The largest absolute Gasteiger partial charge is 0.497 e. The minimum Gasteiger partial charge on any atom is -0.497 e. The van der Waals surface area contributed by atoms with Crippen molar-refractivity contribution in [3.63, 3.8) is 0 Å². The third kappa shape index (κ3) is 3.96. The standard InChI is InChI=1S/C15H18N2O3S/c1-11(12-6-8-14(20-2)9-7-12)17-13-4-3-5-15(10-13)21(16,18)19/h3-11,17H,1-2H3,(H2,16,18,19). The van der Waals surface area contributed by atoms with E-state index in [1.807, 2.05) is 31.2 Å². The van der Waals surface area contributed by atoms with E-state index in [9.17, 15) is 8.42 Å². The minimum absolute atomic E-state index is 0.0200. The van der Waals surface area contributed by atoms with E-state index in [4.69, 9.17) is 9.88 Å². The lowest BCUT2D eigenvalue weighted by atomic mass is 10.1. The van der Waals surface area contributed by atoms with Crippen LogP contribution in [0, 0.1) is 0 Å². The Hall–Kier alpha value is -2.05. The molecule has 112 valence electrons. The van der Waals surface area contributed by atoms with Crippen LogP contribution >= 0.6 is 0 Å². The molecule has 2 aromatic carbocycles. The molecule has 0 saturated heterocycles. The molecule has 1 unspecified atom stereocenters. The zero-order valence-electron chi connectivity index (χ0n) is 11.9. The van der Waals surface area contributed by atoms with Crippen molar-refractivity contribution in [2.75, 3.05) is 12.4 Å². The van der Waals surface area contributed by atoms with Crippen molar-refractivity contribution < 1.29 is 13.2 Å². The topological polar surface area (TPSA) is 81.4 Å². The summed E-state index contributed by atoms with van der Waals surface area (Å²) in [6, 6.07) is 14.2. The molecule has 21 heavy (non-hydrogen) atoms. The van der Waals surface area contributed by atoms with Crippen molar-refractivity contribution >= 4 is 15.7 Å². The molecule has 0 fully saturated rings. The van der Waals surface area contributed by atoms with Crippen molar-refractivity contribution in [2.45, 2.75) is 17.9 Å². The third-order valence-corrected chi connectivity index (χ3v) is 4.07. The number of anilines is 1. The number of sulfonamides is 1. The van der Waals surface area contributed by atoms with Crippen LogP contribution in [0.3, 0.4) is 0 Å². The Bertz CT molecular complexity index is 712. The molecular formula is C15H18N2O3S. The van der Waals surface area contributed by atoms with Crippen LogP contribution < -0.4 is 15.2 Å². The Labute approximate surface area is 124 Å². The van der Waals surface area contributed by atoms with Gasteiger partial charge >= 0.3 is 0 Å². The number of hydrogen-bond donors (Lipinski definition) is 2. The molecule has 0 aliphatic rings. The zero-order valence-corrected chi connectivity index (χ0v) is 12.7. The normalized spacial score (nSPS) is 12.7. The highest BCUT2D eigenvalue weighted by molar-refractivity contribution is 7.89. The summed E-state index contributed by atoms with van der Waals surface area (Å²) < 4.78 is 27.8. The lowest BCUT2D eigenvalue weighted by Crippen LogP contribution is -2.13. The van der Waals surface area contributed by atoms with E-state index in [0.29, 0.717) is 5.69 Å². The van der Waals surface area contributed by atoms with E-state index >= 15 is 0 Å². The number of methoxy groups -OCH3 is 1. The number of primary sulfonamides is 1. The molecule has 3 N–H and O–H groups in total. The van der Waals surface area contributed by atoms with Gasteiger partial charge in [0.15, 0.2) is 0 Å². The van der Waals surface area contributed by atoms with Crippen molar-refractivity contribution in [2.24, 2.45) is 5.14 Å². The van der Waals surface area contributed by atoms with Gasteiger partial charge in [0.25, 0.3) is 0 Å². The van der Waals surface area contributed by atoms with Gasteiger partial charge in [-0.3, -0.25) is 0 Å². The van der Waals surface area contributed by atoms with E-state index in [-0.39, 0.29) is 10.9 Å². The van der Waals surface area contributed by atoms with Gasteiger partial charge in [-0.05, 0) is 42.8 Å². The predicted molar refractivity (Wildman–Crippen MR) is 82.8 cm³/mol. The molecule has 5 nitrogen and oxygen atoms in total.